The number of esters is 3. The quantitative estimate of drug-likeness (QED) is 0.149. The van der Waals surface area contributed by atoms with Gasteiger partial charge in [-0.25, -0.2) is 14.1 Å². The SMILES string of the molecule is CCC(=O)O[C@H]1[C@H](c2ccc3c(N)ncnn23)O[C@]2(C)C(O[P@](=O)(N[C@@H](C)C(=O)OC3CCOCC3)Oc3ccccc3)[C@]12OC(=O)CC. The van der Waals surface area contributed by atoms with Crippen molar-refractivity contribution in [2.24, 2.45) is 0 Å². The fraction of sp³-hybridized carbons (Fsp3) is 0.531. The lowest BCUT2D eigenvalue weighted by molar-refractivity contribution is -0.177. The van der Waals surface area contributed by atoms with Gasteiger partial charge in [0.1, 0.15) is 47.5 Å². The Morgan fingerprint density at radius 2 is 1.80 bits per heavy atom. The molecule has 17 heteroatoms. The minimum absolute atomic E-state index is 0.00278. The van der Waals surface area contributed by atoms with E-state index in [0.717, 1.165) is 0 Å². The molecule has 0 radical (unpaired) electrons. The fourth-order valence-electron chi connectivity index (χ4n) is 6.30. The number of aromatic nitrogens is 3. The Balaban J connectivity index is 1.35. The maximum atomic E-state index is 14.7. The molecule has 2 aromatic heterocycles. The van der Waals surface area contributed by atoms with Gasteiger partial charge in [-0.15, -0.1) is 0 Å². The number of para-hydroxylation sites is 1. The van der Waals surface area contributed by atoms with Gasteiger partial charge in [0.05, 0.1) is 18.9 Å². The van der Waals surface area contributed by atoms with Gasteiger partial charge in [0, 0.05) is 25.7 Å². The molecule has 2 aliphatic heterocycles. The average molecular weight is 702 g/mol. The Kier molecular flexibility index (Phi) is 9.70. The molecule has 0 spiro atoms. The van der Waals surface area contributed by atoms with Crippen LogP contribution in [0.5, 0.6) is 5.75 Å². The van der Waals surface area contributed by atoms with Crippen molar-refractivity contribution in [2.75, 3.05) is 18.9 Å². The molecule has 1 aliphatic carbocycles. The number of carbonyl (C=O) groups is 3. The molecule has 3 N–H and O–H groups in total. The summed E-state index contributed by atoms with van der Waals surface area (Å²) in [6.07, 6.45) is -1.68. The summed E-state index contributed by atoms with van der Waals surface area (Å²) in [5.74, 6) is -1.55. The topological polar surface area (TPSA) is 201 Å². The number of fused-ring (bicyclic) bond motifs is 2. The summed E-state index contributed by atoms with van der Waals surface area (Å²) in [4.78, 5) is 43.1. The number of ether oxygens (including phenoxy) is 5. The van der Waals surface area contributed by atoms with Crippen molar-refractivity contribution in [1.29, 1.82) is 0 Å². The van der Waals surface area contributed by atoms with Crippen LogP contribution in [0.3, 0.4) is 0 Å². The summed E-state index contributed by atoms with van der Waals surface area (Å²) in [6.45, 7) is 7.21. The molecular weight excluding hydrogens is 661 g/mol. The van der Waals surface area contributed by atoms with Crippen LogP contribution in [0.4, 0.5) is 5.82 Å². The second-order valence-corrected chi connectivity index (χ2v) is 13.9. The first kappa shape index (κ1) is 34.8. The Hall–Kier alpha value is -4.08. The standard InChI is InChI=1S/C32H40N5O11P/c1-5-24(38)44-27-26(22-12-13-23-28(33)34-18-35-37(22)23)46-31(4)30(32(27,31)45-25(39)6-2)48-49(41,47-21-10-8-7-9-11-21)36-19(3)29(40)43-20-14-16-42-17-15-20/h7-13,18-20,26-27,30H,5-6,14-17H2,1-4H3,(H,36,41)(H2,33,34,35)/t19-,26-,27-,30?,31+,32+,49-/m0/s1. The number of nitrogen functional groups attached to an aromatic ring is 1. The molecule has 3 aliphatic rings. The molecule has 0 bridgehead atoms. The summed E-state index contributed by atoms with van der Waals surface area (Å²) in [5, 5.41) is 7.00. The van der Waals surface area contributed by atoms with E-state index in [2.05, 4.69) is 15.2 Å². The van der Waals surface area contributed by atoms with E-state index in [0.29, 0.717) is 37.3 Å². The monoisotopic (exact) mass is 701 g/mol. The van der Waals surface area contributed by atoms with Gasteiger partial charge in [-0.1, -0.05) is 32.0 Å². The van der Waals surface area contributed by atoms with Crippen LogP contribution in [0.1, 0.15) is 65.2 Å². The summed E-state index contributed by atoms with van der Waals surface area (Å²) in [5.41, 5.74) is 3.67. The van der Waals surface area contributed by atoms with Crippen molar-refractivity contribution >= 4 is 37.0 Å². The Labute approximate surface area is 282 Å². The summed E-state index contributed by atoms with van der Waals surface area (Å²) in [6, 6.07) is 10.4. The van der Waals surface area contributed by atoms with Crippen molar-refractivity contribution in [2.45, 2.75) is 95.0 Å². The van der Waals surface area contributed by atoms with E-state index in [1.807, 2.05) is 0 Å². The van der Waals surface area contributed by atoms with Crippen LogP contribution in [-0.4, -0.2) is 81.3 Å². The zero-order valence-electron chi connectivity index (χ0n) is 27.6. The van der Waals surface area contributed by atoms with Gasteiger partial charge in [0.15, 0.2) is 11.9 Å². The Bertz CT molecular complexity index is 1750. The summed E-state index contributed by atoms with van der Waals surface area (Å²) >= 11 is 0. The maximum absolute atomic E-state index is 14.7. The molecule has 1 unspecified atom stereocenters. The number of rotatable bonds is 13. The molecule has 7 atom stereocenters. The molecule has 1 saturated carbocycles. The van der Waals surface area contributed by atoms with E-state index in [4.69, 9.17) is 38.5 Å². The maximum Gasteiger partial charge on any atom is 0.459 e. The molecule has 49 heavy (non-hydrogen) atoms. The van der Waals surface area contributed by atoms with Crippen molar-refractivity contribution in [1.82, 2.24) is 19.7 Å². The minimum atomic E-state index is -4.51. The zero-order valence-corrected chi connectivity index (χ0v) is 28.5. The van der Waals surface area contributed by atoms with Crippen LogP contribution in [0, 0.1) is 0 Å². The highest BCUT2D eigenvalue weighted by Gasteiger charge is 2.91. The van der Waals surface area contributed by atoms with Gasteiger partial charge in [-0.2, -0.15) is 10.2 Å². The summed E-state index contributed by atoms with van der Waals surface area (Å²) in [7, 11) is -4.51. The molecule has 2 saturated heterocycles. The average Bonchev–Trinajstić information content (AvgIpc) is 3.35. The van der Waals surface area contributed by atoms with Crippen LogP contribution in [0.15, 0.2) is 48.8 Å². The highest BCUT2D eigenvalue weighted by atomic mass is 31.2. The Morgan fingerprint density at radius 3 is 2.49 bits per heavy atom. The van der Waals surface area contributed by atoms with E-state index < -0.39 is 61.2 Å². The number of nitrogens with two attached hydrogens (primary N) is 1. The second-order valence-electron chi connectivity index (χ2n) is 12.2. The zero-order chi connectivity index (χ0) is 35.0. The number of carbonyl (C=O) groups excluding carboxylic acids is 3. The normalized spacial score (nSPS) is 28.2. The van der Waals surface area contributed by atoms with E-state index in [1.165, 1.54) is 17.8 Å². The first-order valence-corrected chi connectivity index (χ1v) is 17.7. The van der Waals surface area contributed by atoms with Crippen molar-refractivity contribution in [3.8, 4) is 5.75 Å². The number of anilines is 1. The molecule has 3 aromatic rings. The van der Waals surface area contributed by atoms with E-state index in [1.54, 1.807) is 63.2 Å². The molecule has 264 valence electrons. The van der Waals surface area contributed by atoms with E-state index in [9.17, 15) is 18.9 Å². The first-order valence-electron chi connectivity index (χ1n) is 16.2. The van der Waals surface area contributed by atoms with Crippen LogP contribution >= 0.6 is 7.75 Å². The largest absolute Gasteiger partial charge is 0.461 e. The van der Waals surface area contributed by atoms with Gasteiger partial charge >= 0.3 is 25.7 Å². The van der Waals surface area contributed by atoms with Crippen molar-refractivity contribution in [3.63, 3.8) is 0 Å². The molecule has 6 rings (SSSR count). The fourth-order valence-corrected chi connectivity index (χ4v) is 8.07. The molecule has 1 aromatic carbocycles. The minimum Gasteiger partial charge on any atom is -0.461 e. The number of hydrogen-bond donors (Lipinski definition) is 2. The van der Waals surface area contributed by atoms with Crippen LogP contribution < -0.4 is 15.3 Å². The van der Waals surface area contributed by atoms with E-state index in [-0.39, 0.29) is 30.5 Å². The number of nitrogens with zero attached hydrogens (tertiary/aromatic N) is 3. The molecule has 3 fully saturated rings. The highest BCUT2D eigenvalue weighted by molar-refractivity contribution is 7.52. The van der Waals surface area contributed by atoms with Gasteiger partial charge in [-0.3, -0.25) is 18.9 Å². The molecule has 0 amide bonds. The van der Waals surface area contributed by atoms with Crippen molar-refractivity contribution in [3.05, 3.63) is 54.5 Å². The molecular formula is C32H40N5O11P. The lowest BCUT2D eigenvalue weighted by Gasteiger charge is -2.30. The lowest BCUT2D eigenvalue weighted by Crippen LogP contribution is -2.43. The summed E-state index contributed by atoms with van der Waals surface area (Å²) < 4.78 is 57.9. The van der Waals surface area contributed by atoms with Crippen LogP contribution in [-0.2, 0) is 47.2 Å². The van der Waals surface area contributed by atoms with E-state index >= 15 is 0 Å². The third-order valence-corrected chi connectivity index (χ3v) is 10.6. The van der Waals surface area contributed by atoms with Gasteiger partial charge < -0.3 is 33.9 Å². The second kappa shape index (κ2) is 13.7. The van der Waals surface area contributed by atoms with Crippen LogP contribution in [0.25, 0.3) is 5.52 Å². The Morgan fingerprint density at radius 1 is 1.08 bits per heavy atom. The third kappa shape index (κ3) is 6.51. The van der Waals surface area contributed by atoms with Gasteiger partial charge in [-0.05, 0) is 38.1 Å². The smallest absolute Gasteiger partial charge is 0.459 e. The molecule has 4 heterocycles. The predicted molar refractivity (Wildman–Crippen MR) is 171 cm³/mol. The predicted octanol–water partition coefficient (Wildman–Crippen LogP) is 3.44. The molecule has 16 nitrogen and oxygen atoms in total. The van der Waals surface area contributed by atoms with Crippen molar-refractivity contribution < 1.29 is 51.7 Å². The number of nitrogens with one attached hydrogen (secondary N) is 1. The third-order valence-electron chi connectivity index (χ3n) is 8.94. The number of hydrogen-bond acceptors (Lipinski definition) is 14. The van der Waals surface area contributed by atoms with Crippen LogP contribution in [0.2, 0.25) is 0 Å². The highest BCUT2D eigenvalue weighted by Crippen LogP contribution is 2.71. The first-order chi connectivity index (χ1) is 23.4. The number of benzene rings is 1. The van der Waals surface area contributed by atoms with Gasteiger partial charge in [0.2, 0.25) is 5.60 Å². The lowest BCUT2D eigenvalue weighted by atomic mass is 10.0. The van der Waals surface area contributed by atoms with Gasteiger partial charge in [0.25, 0.3) is 0 Å².